The first-order valence-electron chi connectivity index (χ1n) is 5.20. The van der Waals surface area contributed by atoms with Crippen molar-refractivity contribution in [1.29, 1.82) is 5.26 Å². The Morgan fingerprint density at radius 3 is 2.88 bits per heavy atom. The molecule has 17 heavy (non-hydrogen) atoms. The number of nitrogens with two attached hydrogens (primary N) is 1. The summed E-state index contributed by atoms with van der Waals surface area (Å²) in [5.74, 6) is -0.315. The molecule has 0 radical (unpaired) electrons. The minimum Gasteiger partial charge on any atom is -0.508 e. The van der Waals surface area contributed by atoms with E-state index in [4.69, 9.17) is 11.0 Å². The van der Waals surface area contributed by atoms with Crippen LogP contribution in [0.5, 0.6) is 5.75 Å². The Bertz CT molecular complexity index is 465. The van der Waals surface area contributed by atoms with Crippen LogP contribution in [0.2, 0.25) is 0 Å². The lowest BCUT2D eigenvalue weighted by Crippen LogP contribution is -2.35. The molecule has 0 saturated heterocycles. The Labute approximate surface area is 100 Å². The van der Waals surface area contributed by atoms with Gasteiger partial charge in [0.1, 0.15) is 5.75 Å². The highest BCUT2D eigenvalue weighted by Crippen LogP contribution is 2.20. The largest absolute Gasteiger partial charge is 0.508 e. The molecule has 0 aliphatic heterocycles. The lowest BCUT2D eigenvalue weighted by molar-refractivity contribution is 0.0747. The Kier molecular flexibility index (Phi) is 3.94. The molecule has 5 nitrogen and oxygen atoms in total. The van der Waals surface area contributed by atoms with Gasteiger partial charge in [-0.25, -0.2) is 0 Å². The Morgan fingerprint density at radius 1 is 1.65 bits per heavy atom. The standard InChI is InChI=1S/C12H15N3O2/c1-8(5-6-13)15(2)12(17)10-7-9(16)3-4-11(10)14/h3-4,7-8,16H,5,14H2,1-2H3. The fraction of sp³-hybridized carbons (Fsp3) is 0.333. The third kappa shape index (κ3) is 2.88. The number of anilines is 1. The number of nitriles is 1. The smallest absolute Gasteiger partial charge is 0.256 e. The second kappa shape index (κ2) is 5.21. The zero-order valence-electron chi connectivity index (χ0n) is 9.84. The number of carbonyl (C=O) groups is 1. The molecule has 5 heteroatoms. The van der Waals surface area contributed by atoms with Crippen LogP contribution in [0.4, 0.5) is 5.69 Å². The number of phenols is 1. The van der Waals surface area contributed by atoms with Crippen LogP contribution in [0.15, 0.2) is 18.2 Å². The van der Waals surface area contributed by atoms with Crippen molar-refractivity contribution in [1.82, 2.24) is 4.90 Å². The Hall–Kier alpha value is -2.22. The van der Waals surface area contributed by atoms with Crippen molar-refractivity contribution in [3.05, 3.63) is 23.8 Å². The van der Waals surface area contributed by atoms with E-state index in [1.807, 2.05) is 6.07 Å². The van der Waals surface area contributed by atoms with Crippen LogP contribution in [-0.2, 0) is 0 Å². The van der Waals surface area contributed by atoms with Gasteiger partial charge in [0.2, 0.25) is 0 Å². The van der Waals surface area contributed by atoms with E-state index in [9.17, 15) is 9.90 Å². The molecule has 0 saturated carbocycles. The molecular weight excluding hydrogens is 218 g/mol. The van der Waals surface area contributed by atoms with Gasteiger partial charge >= 0.3 is 0 Å². The molecular formula is C12H15N3O2. The van der Waals surface area contributed by atoms with Gasteiger partial charge in [-0.05, 0) is 25.1 Å². The fourth-order valence-electron chi connectivity index (χ4n) is 1.39. The van der Waals surface area contributed by atoms with Gasteiger partial charge in [0.15, 0.2) is 0 Å². The van der Waals surface area contributed by atoms with Crippen molar-refractivity contribution in [2.75, 3.05) is 12.8 Å². The molecule has 0 aliphatic rings. The number of aromatic hydroxyl groups is 1. The maximum atomic E-state index is 12.1. The van der Waals surface area contributed by atoms with Gasteiger partial charge in [0.05, 0.1) is 18.1 Å². The van der Waals surface area contributed by atoms with E-state index in [0.717, 1.165) is 0 Å². The number of hydrogen-bond acceptors (Lipinski definition) is 4. The molecule has 1 rings (SSSR count). The van der Waals surface area contributed by atoms with E-state index in [2.05, 4.69) is 0 Å². The van der Waals surface area contributed by atoms with Crippen LogP contribution in [-0.4, -0.2) is 29.0 Å². The van der Waals surface area contributed by atoms with Crippen molar-refractivity contribution in [2.45, 2.75) is 19.4 Å². The molecule has 3 N–H and O–H groups in total. The van der Waals surface area contributed by atoms with Gasteiger partial charge in [-0.1, -0.05) is 0 Å². The summed E-state index contributed by atoms with van der Waals surface area (Å²) >= 11 is 0. The van der Waals surface area contributed by atoms with Crippen molar-refractivity contribution in [3.8, 4) is 11.8 Å². The first-order chi connectivity index (χ1) is 7.97. The zero-order chi connectivity index (χ0) is 13.0. The van der Waals surface area contributed by atoms with Crippen LogP contribution < -0.4 is 5.73 Å². The van der Waals surface area contributed by atoms with Gasteiger partial charge in [-0.15, -0.1) is 0 Å². The zero-order valence-corrected chi connectivity index (χ0v) is 9.84. The average Bonchev–Trinajstić information content (AvgIpc) is 2.30. The number of nitrogens with zero attached hydrogens (tertiary/aromatic N) is 2. The first kappa shape index (κ1) is 12.8. The summed E-state index contributed by atoms with van der Waals surface area (Å²) in [5.41, 5.74) is 6.24. The number of amides is 1. The summed E-state index contributed by atoms with van der Waals surface area (Å²) in [6, 6.07) is 6.03. The van der Waals surface area contributed by atoms with Crippen LogP contribution in [0.25, 0.3) is 0 Å². The van der Waals surface area contributed by atoms with Gasteiger partial charge in [-0.2, -0.15) is 5.26 Å². The van der Waals surface area contributed by atoms with E-state index >= 15 is 0 Å². The predicted molar refractivity (Wildman–Crippen MR) is 64.3 cm³/mol. The van der Waals surface area contributed by atoms with E-state index in [0.29, 0.717) is 5.69 Å². The molecule has 0 bridgehead atoms. The number of hydrogen-bond donors (Lipinski definition) is 2. The summed E-state index contributed by atoms with van der Waals surface area (Å²) in [7, 11) is 1.60. The van der Waals surface area contributed by atoms with Crippen LogP contribution in [0, 0.1) is 11.3 Å². The van der Waals surface area contributed by atoms with E-state index in [1.54, 1.807) is 14.0 Å². The molecule has 0 aliphatic carbocycles. The summed E-state index contributed by atoms with van der Waals surface area (Å²) < 4.78 is 0. The minimum absolute atomic E-state index is 0.0103. The molecule has 1 amide bonds. The lowest BCUT2D eigenvalue weighted by Gasteiger charge is -2.23. The summed E-state index contributed by atoms with van der Waals surface area (Å²) in [6.45, 7) is 1.78. The number of phenolic OH excluding ortho intramolecular Hbond substituents is 1. The molecule has 1 aromatic carbocycles. The van der Waals surface area contributed by atoms with Crippen molar-refractivity contribution in [3.63, 3.8) is 0 Å². The summed E-state index contributed by atoms with van der Waals surface area (Å²) in [4.78, 5) is 13.5. The van der Waals surface area contributed by atoms with E-state index in [1.165, 1.54) is 23.1 Å². The highest BCUT2D eigenvalue weighted by atomic mass is 16.3. The van der Waals surface area contributed by atoms with Crippen molar-refractivity contribution < 1.29 is 9.90 Å². The van der Waals surface area contributed by atoms with Gasteiger partial charge in [-0.3, -0.25) is 4.79 Å². The maximum absolute atomic E-state index is 12.1. The highest BCUT2D eigenvalue weighted by Gasteiger charge is 2.19. The minimum atomic E-state index is -0.304. The third-order valence-corrected chi connectivity index (χ3v) is 2.64. The SMILES string of the molecule is CC(CC#N)N(C)C(=O)c1cc(O)ccc1N. The van der Waals surface area contributed by atoms with Crippen LogP contribution in [0.3, 0.4) is 0 Å². The summed E-state index contributed by atoms with van der Waals surface area (Å²) in [5, 5.41) is 17.9. The lowest BCUT2D eigenvalue weighted by atomic mass is 10.1. The second-order valence-corrected chi connectivity index (χ2v) is 3.90. The number of nitrogen functional groups attached to an aromatic ring is 1. The molecule has 0 spiro atoms. The summed E-state index contributed by atoms with van der Waals surface area (Å²) in [6.07, 6.45) is 0.251. The highest BCUT2D eigenvalue weighted by molar-refractivity contribution is 5.99. The van der Waals surface area contributed by atoms with Gasteiger partial charge in [0, 0.05) is 18.8 Å². The normalized spacial score (nSPS) is 11.6. The van der Waals surface area contributed by atoms with Gasteiger partial charge < -0.3 is 15.7 Å². The van der Waals surface area contributed by atoms with Crippen LogP contribution in [0.1, 0.15) is 23.7 Å². The first-order valence-corrected chi connectivity index (χ1v) is 5.20. The molecule has 1 unspecified atom stereocenters. The number of rotatable bonds is 3. The molecule has 0 aromatic heterocycles. The third-order valence-electron chi connectivity index (χ3n) is 2.64. The quantitative estimate of drug-likeness (QED) is 0.609. The fourth-order valence-corrected chi connectivity index (χ4v) is 1.39. The molecule has 1 atom stereocenters. The Morgan fingerprint density at radius 2 is 2.29 bits per heavy atom. The van der Waals surface area contributed by atoms with E-state index in [-0.39, 0.29) is 29.7 Å². The average molecular weight is 233 g/mol. The second-order valence-electron chi connectivity index (χ2n) is 3.90. The molecule has 1 aromatic rings. The van der Waals surface area contributed by atoms with Gasteiger partial charge in [0.25, 0.3) is 5.91 Å². The number of benzene rings is 1. The van der Waals surface area contributed by atoms with E-state index < -0.39 is 0 Å². The molecule has 0 heterocycles. The monoisotopic (exact) mass is 233 g/mol. The number of carbonyl (C=O) groups excluding carboxylic acids is 1. The predicted octanol–water partition coefficient (Wildman–Crippen LogP) is 1.35. The Balaban J connectivity index is 2.96. The topological polar surface area (TPSA) is 90.3 Å². The van der Waals surface area contributed by atoms with Crippen LogP contribution >= 0.6 is 0 Å². The molecule has 90 valence electrons. The molecule has 0 fully saturated rings. The maximum Gasteiger partial charge on any atom is 0.256 e. The van der Waals surface area contributed by atoms with Crippen molar-refractivity contribution in [2.24, 2.45) is 0 Å². The van der Waals surface area contributed by atoms with Crippen molar-refractivity contribution >= 4 is 11.6 Å².